The fourth-order valence-electron chi connectivity index (χ4n) is 1.32. The molecule has 92 valence electrons. The van der Waals surface area contributed by atoms with Crippen LogP contribution in [0.5, 0.6) is 0 Å². The second-order valence-corrected chi connectivity index (χ2v) is 4.67. The van der Waals surface area contributed by atoms with Gasteiger partial charge in [0.2, 0.25) is 0 Å². The van der Waals surface area contributed by atoms with Crippen LogP contribution in [0.3, 0.4) is 0 Å². The molecule has 0 aliphatic heterocycles. The lowest BCUT2D eigenvalue weighted by atomic mass is 10.1. The highest BCUT2D eigenvalue weighted by molar-refractivity contribution is 4.72. The standard InChI is InChI=1S/C12H27NO2/c1-4-5-6-7-8-11(2)15-10-12(3,14)9-13/h11,14H,4-10,13H2,1-3H3. The van der Waals surface area contributed by atoms with E-state index in [1.165, 1.54) is 25.7 Å². The lowest BCUT2D eigenvalue weighted by molar-refractivity contribution is -0.0550. The zero-order chi connectivity index (χ0) is 11.7. The van der Waals surface area contributed by atoms with E-state index in [0.29, 0.717) is 6.61 Å². The van der Waals surface area contributed by atoms with Gasteiger partial charge in [0.05, 0.1) is 18.3 Å². The van der Waals surface area contributed by atoms with E-state index in [1.54, 1.807) is 6.92 Å². The predicted octanol–water partition coefficient (Wildman–Crippen LogP) is 2.07. The molecule has 0 spiro atoms. The predicted molar refractivity (Wildman–Crippen MR) is 63.9 cm³/mol. The second kappa shape index (κ2) is 8.08. The Morgan fingerprint density at radius 1 is 1.33 bits per heavy atom. The van der Waals surface area contributed by atoms with Gasteiger partial charge in [-0.3, -0.25) is 0 Å². The van der Waals surface area contributed by atoms with Crippen LogP contribution in [0, 0.1) is 0 Å². The summed E-state index contributed by atoms with van der Waals surface area (Å²) >= 11 is 0. The van der Waals surface area contributed by atoms with E-state index < -0.39 is 5.60 Å². The highest BCUT2D eigenvalue weighted by Crippen LogP contribution is 2.10. The van der Waals surface area contributed by atoms with Gasteiger partial charge >= 0.3 is 0 Å². The molecule has 0 aromatic carbocycles. The summed E-state index contributed by atoms with van der Waals surface area (Å²) in [5, 5.41) is 9.63. The molecule has 3 heteroatoms. The molecule has 3 nitrogen and oxygen atoms in total. The largest absolute Gasteiger partial charge is 0.386 e. The second-order valence-electron chi connectivity index (χ2n) is 4.67. The number of rotatable bonds is 9. The number of aliphatic hydroxyl groups is 1. The summed E-state index contributed by atoms with van der Waals surface area (Å²) in [6.45, 7) is 6.54. The number of hydrogen-bond donors (Lipinski definition) is 2. The van der Waals surface area contributed by atoms with Gasteiger partial charge in [-0.15, -0.1) is 0 Å². The summed E-state index contributed by atoms with van der Waals surface area (Å²) in [4.78, 5) is 0. The van der Waals surface area contributed by atoms with Crippen LogP contribution < -0.4 is 5.73 Å². The quantitative estimate of drug-likeness (QED) is 0.581. The molecule has 0 aliphatic rings. The summed E-state index contributed by atoms with van der Waals surface area (Å²) in [5.41, 5.74) is 4.52. The van der Waals surface area contributed by atoms with Crippen LogP contribution in [0.25, 0.3) is 0 Å². The number of unbranched alkanes of at least 4 members (excludes halogenated alkanes) is 3. The average Bonchev–Trinajstić information content (AvgIpc) is 2.22. The van der Waals surface area contributed by atoms with Crippen molar-refractivity contribution in [2.75, 3.05) is 13.2 Å². The van der Waals surface area contributed by atoms with Gasteiger partial charge in [-0.2, -0.15) is 0 Å². The van der Waals surface area contributed by atoms with Crippen LogP contribution in [0.4, 0.5) is 0 Å². The number of nitrogens with two attached hydrogens (primary N) is 1. The summed E-state index contributed by atoms with van der Waals surface area (Å²) < 4.78 is 5.55. The van der Waals surface area contributed by atoms with E-state index in [4.69, 9.17) is 10.5 Å². The van der Waals surface area contributed by atoms with Crippen molar-refractivity contribution in [2.45, 2.75) is 64.6 Å². The van der Waals surface area contributed by atoms with E-state index >= 15 is 0 Å². The molecular weight excluding hydrogens is 190 g/mol. The number of ether oxygens (including phenoxy) is 1. The lowest BCUT2D eigenvalue weighted by Crippen LogP contribution is -2.40. The van der Waals surface area contributed by atoms with Gasteiger partial charge in [0.15, 0.2) is 0 Å². The molecular formula is C12H27NO2. The Morgan fingerprint density at radius 2 is 2.00 bits per heavy atom. The molecule has 0 aromatic heterocycles. The third kappa shape index (κ3) is 8.85. The van der Waals surface area contributed by atoms with Crippen LogP contribution >= 0.6 is 0 Å². The maximum absolute atomic E-state index is 9.63. The molecule has 0 amide bonds. The van der Waals surface area contributed by atoms with Crippen molar-refractivity contribution in [3.8, 4) is 0 Å². The maximum Gasteiger partial charge on any atom is 0.0973 e. The van der Waals surface area contributed by atoms with E-state index in [0.717, 1.165) is 6.42 Å². The van der Waals surface area contributed by atoms with Crippen LogP contribution in [0.2, 0.25) is 0 Å². The first-order valence-electron chi connectivity index (χ1n) is 6.06. The summed E-state index contributed by atoms with van der Waals surface area (Å²) in [6, 6.07) is 0. The SMILES string of the molecule is CCCCCCC(C)OCC(C)(O)CN. The average molecular weight is 217 g/mol. The summed E-state index contributed by atoms with van der Waals surface area (Å²) in [6.07, 6.45) is 6.34. The Kier molecular flexibility index (Phi) is 8.02. The smallest absolute Gasteiger partial charge is 0.0973 e. The topological polar surface area (TPSA) is 55.5 Å². The minimum Gasteiger partial charge on any atom is -0.386 e. The highest BCUT2D eigenvalue weighted by atomic mass is 16.5. The minimum atomic E-state index is -0.877. The molecule has 0 aromatic rings. The van der Waals surface area contributed by atoms with Crippen molar-refractivity contribution < 1.29 is 9.84 Å². The lowest BCUT2D eigenvalue weighted by Gasteiger charge is -2.23. The van der Waals surface area contributed by atoms with E-state index in [2.05, 4.69) is 13.8 Å². The van der Waals surface area contributed by atoms with E-state index in [1.807, 2.05) is 0 Å². The fraction of sp³-hybridized carbons (Fsp3) is 1.00. The van der Waals surface area contributed by atoms with Gasteiger partial charge < -0.3 is 15.6 Å². The normalized spacial score (nSPS) is 17.4. The van der Waals surface area contributed by atoms with Gasteiger partial charge in [0, 0.05) is 6.54 Å². The Bertz CT molecular complexity index is 149. The van der Waals surface area contributed by atoms with Crippen LogP contribution in [0.1, 0.15) is 52.9 Å². The third-order valence-corrected chi connectivity index (χ3v) is 2.58. The van der Waals surface area contributed by atoms with E-state index in [-0.39, 0.29) is 12.6 Å². The molecule has 2 unspecified atom stereocenters. The van der Waals surface area contributed by atoms with Crippen molar-refractivity contribution >= 4 is 0 Å². The van der Waals surface area contributed by atoms with Gasteiger partial charge in [-0.1, -0.05) is 32.6 Å². The fourth-order valence-corrected chi connectivity index (χ4v) is 1.32. The summed E-state index contributed by atoms with van der Waals surface area (Å²) in [5.74, 6) is 0. The Labute approximate surface area is 94.0 Å². The number of hydrogen-bond acceptors (Lipinski definition) is 3. The van der Waals surface area contributed by atoms with E-state index in [9.17, 15) is 5.11 Å². The first-order valence-corrected chi connectivity index (χ1v) is 6.06. The molecule has 0 saturated heterocycles. The molecule has 0 rings (SSSR count). The maximum atomic E-state index is 9.63. The molecule has 3 N–H and O–H groups in total. The van der Waals surface area contributed by atoms with Crippen molar-refractivity contribution in [1.82, 2.24) is 0 Å². The third-order valence-electron chi connectivity index (χ3n) is 2.58. The zero-order valence-electron chi connectivity index (χ0n) is 10.5. The molecule has 15 heavy (non-hydrogen) atoms. The van der Waals surface area contributed by atoms with Crippen LogP contribution in [-0.4, -0.2) is 30.0 Å². The van der Waals surface area contributed by atoms with Gasteiger partial charge in [0.25, 0.3) is 0 Å². The molecule has 0 fully saturated rings. The molecule has 0 saturated carbocycles. The highest BCUT2D eigenvalue weighted by Gasteiger charge is 2.19. The van der Waals surface area contributed by atoms with Gasteiger partial charge in [-0.25, -0.2) is 0 Å². The van der Waals surface area contributed by atoms with Crippen LogP contribution in [0.15, 0.2) is 0 Å². The van der Waals surface area contributed by atoms with Crippen molar-refractivity contribution in [3.05, 3.63) is 0 Å². The Balaban J connectivity index is 3.44. The molecule has 0 bridgehead atoms. The molecule has 0 heterocycles. The van der Waals surface area contributed by atoms with Crippen molar-refractivity contribution in [2.24, 2.45) is 5.73 Å². The van der Waals surface area contributed by atoms with Crippen LogP contribution in [-0.2, 0) is 4.74 Å². The monoisotopic (exact) mass is 217 g/mol. The first-order chi connectivity index (χ1) is 7.02. The first kappa shape index (κ1) is 14.9. The Hall–Kier alpha value is -0.120. The van der Waals surface area contributed by atoms with Crippen molar-refractivity contribution in [1.29, 1.82) is 0 Å². The van der Waals surface area contributed by atoms with Crippen molar-refractivity contribution in [3.63, 3.8) is 0 Å². The van der Waals surface area contributed by atoms with Gasteiger partial charge in [0.1, 0.15) is 0 Å². The zero-order valence-corrected chi connectivity index (χ0v) is 10.5. The summed E-state index contributed by atoms with van der Waals surface area (Å²) in [7, 11) is 0. The Morgan fingerprint density at radius 3 is 2.53 bits per heavy atom. The van der Waals surface area contributed by atoms with Gasteiger partial charge in [-0.05, 0) is 20.3 Å². The molecule has 0 aliphatic carbocycles. The molecule has 0 radical (unpaired) electrons. The molecule has 2 atom stereocenters. The minimum absolute atomic E-state index is 0.222.